The van der Waals surface area contributed by atoms with E-state index in [1.807, 2.05) is 35.2 Å². The standard InChI is InChI=1S/C24H28FN3O3/c1-17-15-24(11-10-22(29)28(24)21-5-3-4-19(25)14-21)12-13-27(17)16-18-6-8-20(9-7-18)26-23(30)31-2/h3-9,14,17H,10-13,15-16H2,1-2H3,(H,26,30). The van der Waals surface area contributed by atoms with Gasteiger partial charge in [0.25, 0.3) is 0 Å². The van der Waals surface area contributed by atoms with Gasteiger partial charge in [-0.15, -0.1) is 0 Å². The highest BCUT2D eigenvalue weighted by Gasteiger charge is 2.49. The molecule has 164 valence electrons. The van der Waals surface area contributed by atoms with Gasteiger partial charge in [0.2, 0.25) is 5.91 Å². The molecule has 2 fully saturated rings. The van der Waals surface area contributed by atoms with Gasteiger partial charge in [0.1, 0.15) is 5.82 Å². The van der Waals surface area contributed by atoms with Gasteiger partial charge in [-0.05, 0) is 62.1 Å². The first-order valence-electron chi connectivity index (χ1n) is 10.7. The van der Waals surface area contributed by atoms with E-state index in [1.54, 1.807) is 6.07 Å². The average molecular weight is 426 g/mol. The fourth-order valence-electron chi connectivity index (χ4n) is 4.98. The van der Waals surface area contributed by atoms with Crippen LogP contribution in [-0.2, 0) is 16.1 Å². The maximum Gasteiger partial charge on any atom is 0.411 e. The van der Waals surface area contributed by atoms with Gasteiger partial charge in [-0.2, -0.15) is 0 Å². The predicted octanol–water partition coefficient (Wildman–Crippen LogP) is 4.55. The largest absolute Gasteiger partial charge is 0.453 e. The molecule has 2 saturated heterocycles. The first-order chi connectivity index (χ1) is 14.9. The lowest BCUT2D eigenvalue weighted by atomic mass is 9.81. The van der Waals surface area contributed by atoms with Crippen molar-refractivity contribution in [3.05, 3.63) is 59.9 Å². The minimum atomic E-state index is -0.489. The number of carbonyl (C=O) groups is 2. The van der Waals surface area contributed by atoms with Crippen LogP contribution in [0.3, 0.4) is 0 Å². The van der Waals surface area contributed by atoms with Crippen LogP contribution in [0.4, 0.5) is 20.6 Å². The van der Waals surface area contributed by atoms with Crippen LogP contribution in [0.15, 0.2) is 48.5 Å². The van der Waals surface area contributed by atoms with E-state index in [9.17, 15) is 14.0 Å². The number of piperidine rings is 1. The third-order valence-corrected chi connectivity index (χ3v) is 6.53. The van der Waals surface area contributed by atoms with Crippen molar-refractivity contribution in [2.45, 2.75) is 50.7 Å². The lowest BCUT2D eigenvalue weighted by Gasteiger charge is -2.48. The highest BCUT2D eigenvalue weighted by Crippen LogP contribution is 2.44. The van der Waals surface area contributed by atoms with Crippen molar-refractivity contribution in [2.75, 3.05) is 23.9 Å². The molecule has 1 spiro atoms. The zero-order valence-electron chi connectivity index (χ0n) is 17.9. The minimum absolute atomic E-state index is 0.0833. The second-order valence-corrected chi connectivity index (χ2v) is 8.52. The van der Waals surface area contributed by atoms with E-state index < -0.39 is 6.09 Å². The molecule has 2 aromatic carbocycles. The Morgan fingerprint density at radius 3 is 2.68 bits per heavy atom. The van der Waals surface area contributed by atoms with Crippen LogP contribution < -0.4 is 10.2 Å². The molecule has 0 saturated carbocycles. The minimum Gasteiger partial charge on any atom is -0.453 e. The maximum atomic E-state index is 13.8. The Morgan fingerprint density at radius 2 is 2.00 bits per heavy atom. The summed E-state index contributed by atoms with van der Waals surface area (Å²) in [7, 11) is 1.33. The van der Waals surface area contributed by atoms with Crippen LogP contribution in [0.2, 0.25) is 0 Å². The number of benzene rings is 2. The maximum absolute atomic E-state index is 13.8. The number of anilines is 2. The molecule has 2 unspecified atom stereocenters. The van der Waals surface area contributed by atoms with Crippen molar-refractivity contribution >= 4 is 23.4 Å². The van der Waals surface area contributed by atoms with Crippen molar-refractivity contribution < 1.29 is 18.7 Å². The number of methoxy groups -OCH3 is 1. The molecule has 31 heavy (non-hydrogen) atoms. The van der Waals surface area contributed by atoms with Crippen molar-refractivity contribution in [2.24, 2.45) is 0 Å². The third-order valence-electron chi connectivity index (χ3n) is 6.53. The highest BCUT2D eigenvalue weighted by atomic mass is 19.1. The van der Waals surface area contributed by atoms with E-state index >= 15 is 0 Å². The van der Waals surface area contributed by atoms with Gasteiger partial charge in [-0.25, -0.2) is 9.18 Å². The number of likely N-dealkylation sites (tertiary alicyclic amines) is 1. The number of ether oxygens (including phenoxy) is 1. The SMILES string of the molecule is COC(=O)Nc1ccc(CN2CCC3(CCC(=O)N3c3cccc(F)c3)CC2C)cc1. The smallest absolute Gasteiger partial charge is 0.411 e. The van der Waals surface area contributed by atoms with Crippen molar-refractivity contribution in [1.29, 1.82) is 0 Å². The van der Waals surface area contributed by atoms with E-state index in [2.05, 4.69) is 21.9 Å². The van der Waals surface area contributed by atoms with Crippen LogP contribution in [0, 0.1) is 5.82 Å². The number of amides is 2. The third kappa shape index (κ3) is 4.42. The van der Waals surface area contributed by atoms with E-state index in [0.29, 0.717) is 17.8 Å². The summed E-state index contributed by atoms with van der Waals surface area (Å²) in [4.78, 5) is 28.3. The molecule has 2 amide bonds. The molecule has 2 heterocycles. The summed E-state index contributed by atoms with van der Waals surface area (Å²) in [6, 6.07) is 14.4. The van der Waals surface area contributed by atoms with Gasteiger partial charge in [0, 0.05) is 36.9 Å². The fraction of sp³-hybridized carbons (Fsp3) is 0.417. The summed E-state index contributed by atoms with van der Waals surface area (Å²) in [6.45, 7) is 3.85. The number of carbonyl (C=O) groups excluding carboxylic acids is 2. The van der Waals surface area contributed by atoms with Crippen molar-refractivity contribution in [3.63, 3.8) is 0 Å². The number of nitrogens with zero attached hydrogens (tertiary/aromatic N) is 2. The Bertz CT molecular complexity index is 965. The Hall–Kier alpha value is -2.93. The number of hydrogen-bond donors (Lipinski definition) is 1. The summed E-state index contributed by atoms with van der Waals surface area (Å²) in [5.41, 5.74) is 2.27. The highest BCUT2D eigenvalue weighted by molar-refractivity contribution is 5.97. The molecule has 0 bridgehead atoms. The molecule has 6 nitrogen and oxygen atoms in total. The van der Waals surface area contributed by atoms with Gasteiger partial charge < -0.3 is 9.64 Å². The van der Waals surface area contributed by atoms with Crippen molar-refractivity contribution in [3.8, 4) is 0 Å². The average Bonchev–Trinajstić information content (AvgIpc) is 3.06. The molecule has 0 aliphatic carbocycles. The van der Waals surface area contributed by atoms with Crippen LogP contribution >= 0.6 is 0 Å². The Morgan fingerprint density at radius 1 is 1.23 bits per heavy atom. The molecular formula is C24H28FN3O3. The number of nitrogens with one attached hydrogen (secondary N) is 1. The second kappa shape index (κ2) is 8.67. The van der Waals surface area contributed by atoms with Gasteiger partial charge in [0.15, 0.2) is 0 Å². The molecule has 2 aliphatic rings. The van der Waals surface area contributed by atoms with E-state index in [-0.39, 0.29) is 23.3 Å². The van der Waals surface area contributed by atoms with Gasteiger partial charge in [-0.1, -0.05) is 18.2 Å². The Balaban J connectivity index is 1.44. The molecule has 7 heteroatoms. The molecule has 1 N–H and O–H groups in total. The summed E-state index contributed by atoms with van der Waals surface area (Å²) in [5, 5.41) is 2.65. The molecule has 2 aromatic rings. The molecule has 0 radical (unpaired) electrons. The first-order valence-corrected chi connectivity index (χ1v) is 10.7. The normalized spacial score (nSPS) is 23.9. The topological polar surface area (TPSA) is 61.9 Å². The lowest BCUT2D eigenvalue weighted by Crippen LogP contribution is -2.56. The van der Waals surface area contributed by atoms with Gasteiger partial charge in [-0.3, -0.25) is 15.0 Å². The van der Waals surface area contributed by atoms with Crippen LogP contribution in [0.1, 0.15) is 38.2 Å². The number of hydrogen-bond acceptors (Lipinski definition) is 4. The number of halogens is 1. The monoisotopic (exact) mass is 425 g/mol. The van der Waals surface area contributed by atoms with Crippen LogP contribution in [-0.4, -0.2) is 42.1 Å². The molecule has 2 aliphatic heterocycles. The second-order valence-electron chi connectivity index (χ2n) is 8.52. The molecule has 4 rings (SSSR count). The van der Waals surface area contributed by atoms with Gasteiger partial charge >= 0.3 is 6.09 Å². The van der Waals surface area contributed by atoms with Crippen LogP contribution in [0.5, 0.6) is 0 Å². The first kappa shape index (κ1) is 21.3. The van der Waals surface area contributed by atoms with Crippen molar-refractivity contribution in [1.82, 2.24) is 4.90 Å². The predicted molar refractivity (Wildman–Crippen MR) is 117 cm³/mol. The van der Waals surface area contributed by atoms with Gasteiger partial charge in [0.05, 0.1) is 12.6 Å². The van der Waals surface area contributed by atoms with E-state index in [1.165, 1.54) is 19.2 Å². The van der Waals surface area contributed by atoms with Crippen LogP contribution in [0.25, 0.3) is 0 Å². The van der Waals surface area contributed by atoms with E-state index in [0.717, 1.165) is 37.9 Å². The lowest BCUT2D eigenvalue weighted by molar-refractivity contribution is -0.117. The summed E-state index contributed by atoms with van der Waals surface area (Å²) < 4.78 is 18.4. The molecular weight excluding hydrogens is 397 g/mol. The molecule has 2 atom stereocenters. The Kier molecular flexibility index (Phi) is 5.96. The number of rotatable bonds is 4. The zero-order valence-corrected chi connectivity index (χ0v) is 17.9. The van der Waals surface area contributed by atoms with E-state index in [4.69, 9.17) is 0 Å². The quantitative estimate of drug-likeness (QED) is 0.781. The molecule has 0 aromatic heterocycles. The summed E-state index contributed by atoms with van der Waals surface area (Å²) >= 11 is 0. The fourth-order valence-corrected chi connectivity index (χ4v) is 4.98. The zero-order chi connectivity index (χ0) is 22.0. The summed E-state index contributed by atoms with van der Waals surface area (Å²) in [6.07, 6.45) is 2.56. The Labute approximate surface area is 182 Å². The summed E-state index contributed by atoms with van der Waals surface area (Å²) in [5.74, 6) is -0.233.